The van der Waals surface area contributed by atoms with Crippen molar-refractivity contribution in [3.8, 4) is 11.4 Å². The molecule has 144 valence electrons. The lowest BCUT2D eigenvalue weighted by molar-refractivity contribution is -0.0438. The van der Waals surface area contributed by atoms with Crippen LogP contribution < -0.4 is 10.9 Å². The van der Waals surface area contributed by atoms with Crippen molar-refractivity contribution < 1.29 is 8.78 Å². The van der Waals surface area contributed by atoms with E-state index in [1.165, 1.54) is 0 Å². The number of fused-ring (bicyclic) bond motifs is 4. The van der Waals surface area contributed by atoms with E-state index in [1.54, 1.807) is 6.20 Å². The van der Waals surface area contributed by atoms with E-state index >= 15 is 0 Å². The molecule has 2 atom stereocenters. The van der Waals surface area contributed by atoms with Crippen LogP contribution in [-0.4, -0.2) is 33.1 Å². The van der Waals surface area contributed by atoms with Crippen LogP contribution >= 0.6 is 0 Å². The number of aromatic nitrogens is 3. The number of hydrogen-bond donors (Lipinski definition) is 1. The molecule has 5 nitrogen and oxygen atoms in total. The molecule has 5 rings (SSSR count). The molecule has 4 heterocycles. The predicted molar refractivity (Wildman–Crippen MR) is 98.1 cm³/mol. The minimum atomic E-state index is -2.56. The summed E-state index contributed by atoms with van der Waals surface area (Å²) in [7, 11) is 0. The summed E-state index contributed by atoms with van der Waals surface area (Å²) in [6, 6.07) is 3.91. The van der Waals surface area contributed by atoms with Gasteiger partial charge in [-0.1, -0.05) is 0 Å². The minimum absolute atomic E-state index is 0.00214. The molecule has 1 aliphatic carbocycles. The topological polar surface area (TPSA) is 51.9 Å². The van der Waals surface area contributed by atoms with Gasteiger partial charge < -0.3 is 14.5 Å². The zero-order valence-electron chi connectivity index (χ0n) is 15.2. The highest BCUT2D eigenvalue weighted by atomic mass is 19.3. The molecule has 0 spiro atoms. The van der Waals surface area contributed by atoms with Gasteiger partial charge in [0.05, 0.1) is 5.56 Å². The smallest absolute Gasteiger partial charge is 0.261 e. The zero-order chi connectivity index (χ0) is 18.6. The van der Waals surface area contributed by atoms with Crippen molar-refractivity contribution in [2.75, 3.05) is 13.1 Å². The summed E-state index contributed by atoms with van der Waals surface area (Å²) in [6.45, 7) is 2.61. The van der Waals surface area contributed by atoms with E-state index in [0.717, 1.165) is 31.7 Å². The van der Waals surface area contributed by atoms with Gasteiger partial charge in [-0.2, -0.15) is 0 Å². The molecule has 1 N–H and O–H groups in total. The van der Waals surface area contributed by atoms with Gasteiger partial charge in [-0.05, 0) is 43.9 Å². The Morgan fingerprint density at radius 1 is 1.19 bits per heavy atom. The molecule has 0 radical (unpaired) electrons. The van der Waals surface area contributed by atoms with Crippen molar-refractivity contribution in [3.63, 3.8) is 0 Å². The van der Waals surface area contributed by atoms with E-state index in [-0.39, 0.29) is 24.4 Å². The molecule has 7 heteroatoms. The molecule has 2 bridgehead atoms. The molecule has 1 saturated heterocycles. The third-order valence-electron chi connectivity index (χ3n) is 6.50. The summed E-state index contributed by atoms with van der Waals surface area (Å²) >= 11 is 0. The lowest BCUT2D eigenvalue weighted by Crippen LogP contribution is -2.45. The third kappa shape index (κ3) is 2.92. The minimum Gasteiger partial charge on any atom is -0.328 e. The van der Waals surface area contributed by atoms with Gasteiger partial charge in [0.25, 0.3) is 5.56 Å². The number of hydrogen-bond acceptors (Lipinski definition) is 3. The van der Waals surface area contributed by atoms with Crippen LogP contribution in [0.25, 0.3) is 11.4 Å². The SMILES string of the molecule is O=c1c(-c2nccn2C2CCC(F)(F)CC2)ccc2n1C[C@@H]1CNC[C@H]2C1. The maximum absolute atomic E-state index is 13.5. The largest absolute Gasteiger partial charge is 0.328 e. The predicted octanol–water partition coefficient (Wildman–Crippen LogP) is 3.17. The molecule has 2 fully saturated rings. The van der Waals surface area contributed by atoms with Gasteiger partial charge in [-0.3, -0.25) is 4.79 Å². The quantitative estimate of drug-likeness (QED) is 0.879. The second-order valence-corrected chi connectivity index (χ2v) is 8.29. The summed E-state index contributed by atoms with van der Waals surface area (Å²) in [6.07, 6.45) is 5.26. The fraction of sp³-hybridized carbons (Fsp3) is 0.600. The van der Waals surface area contributed by atoms with Gasteiger partial charge in [0.15, 0.2) is 0 Å². The summed E-state index contributed by atoms with van der Waals surface area (Å²) < 4.78 is 30.9. The van der Waals surface area contributed by atoms with Gasteiger partial charge in [0.2, 0.25) is 5.92 Å². The van der Waals surface area contributed by atoms with Crippen molar-refractivity contribution in [1.82, 2.24) is 19.4 Å². The molecule has 0 unspecified atom stereocenters. The van der Waals surface area contributed by atoms with Crippen LogP contribution in [-0.2, 0) is 6.54 Å². The highest BCUT2D eigenvalue weighted by molar-refractivity contribution is 5.55. The summed E-state index contributed by atoms with van der Waals surface area (Å²) in [5.74, 6) is -1.07. The molecular formula is C20H24F2N4O. The number of halogens is 2. The number of pyridine rings is 1. The van der Waals surface area contributed by atoms with Crippen LogP contribution in [0.5, 0.6) is 0 Å². The fourth-order valence-corrected chi connectivity index (χ4v) is 5.08. The Hall–Kier alpha value is -2.02. The van der Waals surface area contributed by atoms with Gasteiger partial charge in [-0.15, -0.1) is 0 Å². The molecule has 2 aromatic rings. The molecule has 3 aliphatic rings. The maximum Gasteiger partial charge on any atom is 0.261 e. The monoisotopic (exact) mass is 374 g/mol. The molecular weight excluding hydrogens is 350 g/mol. The van der Waals surface area contributed by atoms with Crippen LogP contribution in [0.15, 0.2) is 29.3 Å². The van der Waals surface area contributed by atoms with E-state index in [2.05, 4.69) is 16.4 Å². The highest BCUT2D eigenvalue weighted by Crippen LogP contribution is 2.40. The first-order valence-corrected chi connectivity index (χ1v) is 9.87. The molecule has 0 aromatic carbocycles. The van der Waals surface area contributed by atoms with Crippen LogP contribution in [0.3, 0.4) is 0 Å². The zero-order valence-corrected chi connectivity index (χ0v) is 15.2. The Kier molecular flexibility index (Phi) is 3.96. The van der Waals surface area contributed by atoms with E-state index in [0.29, 0.717) is 36.1 Å². The fourth-order valence-electron chi connectivity index (χ4n) is 5.08. The number of piperidine rings is 1. The number of nitrogens with one attached hydrogen (secondary N) is 1. The van der Waals surface area contributed by atoms with Gasteiger partial charge in [-0.25, -0.2) is 13.8 Å². The van der Waals surface area contributed by atoms with Crippen molar-refractivity contribution in [2.24, 2.45) is 5.92 Å². The van der Waals surface area contributed by atoms with Gasteiger partial charge in [0, 0.05) is 56.0 Å². The van der Waals surface area contributed by atoms with Crippen molar-refractivity contribution in [2.45, 2.75) is 56.5 Å². The van der Waals surface area contributed by atoms with Gasteiger partial charge >= 0.3 is 0 Å². The van der Waals surface area contributed by atoms with Gasteiger partial charge in [0.1, 0.15) is 5.82 Å². The van der Waals surface area contributed by atoms with E-state index < -0.39 is 5.92 Å². The molecule has 0 amide bonds. The second-order valence-electron chi connectivity index (χ2n) is 8.29. The van der Waals surface area contributed by atoms with Crippen LogP contribution in [0.2, 0.25) is 0 Å². The number of imidazole rings is 1. The Balaban J connectivity index is 1.51. The number of rotatable bonds is 2. The second kappa shape index (κ2) is 6.26. The van der Waals surface area contributed by atoms with Crippen LogP contribution in [0.1, 0.15) is 49.8 Å². The molecule has 2 aliphatic heterocycles. The normalized spacial score (nSPS) is 27.3. The third-order valence-corrected chi connectivity index (χ3v) is 6.50. The maximum atomic E-state index is 13.5. The average molecular weight is 374 g/mol. The number of nitrogens with zero attached hydrogens (tertiary/aromatic N) is 3. The van der Waals surface area contributed by atoms with E-state index in [4.69, 9.17) is 0 Å². The first-order chi connectivity index (χ1) is 13.0. The average Bonchev–Trinajstić information content (AvgIpc) is 3.12. The molecule has 1 saturated carbocycles. The Labute approximate surface area is 156 Å². The van der Waals surface area contributed by atoms with Crippen molar-refractivity contribution >= 4 is 0 Å². The Bertz CT molecular complexity index is 909. The van der Waals surface area contributed by atoms with E-state index in [9.17, 15) is 13.6 Å². The lowest BCUT2D eigenvalue weighted by atomic mass is 9.84. The molecule has 27 heavy (non-hydrogen) atoms. The summed E-state index contributed by atoms with van der Waals surface area (Å²) in [5.41, 5.74) is 1.68. The standard InChI is InChI=1S/C20H24F2N4O/c21-20(22)5-3-15(4-6-20)25-8-7-24-18(25)16-1-2-17-14-9-13(10-23-11-14)12-26(17)19(16)27/h1-2,7-8,13-15,23H,3-6,9-12H2/t13-,14+/m0/s1. The van der Waals surface area contributed by atoms with Crippen molar-refractivity contribution in [1.29, 1.82) is 0 Å². The highest BCUT2D eigenvalue weighted by Gasteiger charge is 2.36. The number of alkyl halides is 2. The lowest BCUT2D eigenvalue weighted by Gasteiger charge is -2.37. The molecule has 2 aromatic heterocycles. The Morgan fingerprint density at radius 2 is 2.00 bits per heavy atom. The first-order valence-electron chi connectivity index (χ1n) is 9.87. The van der Waals surface area contributed by atoms with Crippen LogP contribution in [0.4, 0.5) is 8.78 Å². The van der Waals surface area contributed by atoms with E-state index in [1.807, 2.05) is 21.4 Å². The summed E-state index contributed by atoms with van der Waals surface area (Å²) in [5, 5.41) is 3.45. The Morgan fingerprint density at radius 3 is 2.81 bits per heavy atom. The van der Waals surface area contributed by atoms with Crippen LogP contribution in [0, 0.1) is 5.92 Å². The summed E-state index contributed by atoms with van der Waals surface area (Å²) in [4.78, 5) is 17.7. The van der Waals surface area contributed by atoms with Crippen molar-refractivity contribution in [3.05, 3.63) is 40.6 Å². The first kappa shape index (κ1) is 17.1.